The van der Waals surface area contributed by atoms with Gasteiger partial charge >= 0.3 is 0 Å². The predicted molar refractivity (Wildman–Crippen MR) is 131 cm³/mol. The van der Waals surface area contributed by atoms with Crippen LogP contribution in [0.15, 0.2) is 114 Å². The summed E-state index contributed by atoms with van der Waals surface area (Å²) in [5, 5.41) is 4.68. The van der Waals surface area contributed by atoms with Crippen LogP contribution in [0.3, 0.4) is 0 Å². The van der Waals surface area contributed by atoms with Gasteiger partial charge in [0.25, 0.3) is 0 Å². The molecule has 0 aliphatic rings. The Hall–Kier alpha value is -4.37. The van der Waals surface area contributed by atoms with E-state index < -0.39 is 0 Å². The van der Waals surface area contributed by atoms with Crippen LogP contribution in [0, 0.1) is 0 Å². The molecule has 7 rings (SSSR count). The Labute approximate surface area is 184 Å². The number of furan rings is 1. The van der Waals surface area contributed by atoms with E-state index in [0.29, 0.717) is 0 Å². The molecule has 0 aliphatic carbocycles. The van der Waals surface area contributed by atoms with Crippen molar-refractivity contribution >= 4 is 38.4 Å². The van der Waals surface area contributed by atoms with Gasteiger partial charge < -0.3 is 8.82 Å². The average molecular weight is 410 g/mol. The molecule has 4 aromatic carbocycles. The molecule has 3 heterocycles. The van der Waals surface area contributed by atoms with Crippen molar-refractivity contribution in [1.82, 2.24) is 9.38 Å². The van der Waals surface area contributed by atoms with Gasteiger partial charge in [0.15, 0.2) is 0 Å². The summed E-state index contributed by atoms with van der Waals surface area (Å²) in [6, 6.07) is 33.7. The first-order valence-corrected chi connectivity index (χ1v) is 10.7. The first kappa shape index (κ1) is 17.3. The second-order valence-corrected chi connectivity index (χ2v) is 8.12. The zero-order chi connectivity index (χ0) is 21.1. The Bertz CT molecular complexity index is 1760. The third-order valence-corrected chi connectivity index (χ3v) is 6.20. The Kier molecular flexibility index (Phi) is 3.55. The Balaban J connectivity index is 1.54. The van der Waals surface area contributed by atoms with Crippen molar-refractivity contribution in [2.75, 3.05) is 0 Å². The Morgan fingerprint density at radius 1 is 0.656 bits per heavy atom. The van der Waals surface area contributed by atoms with Crippen molar-refractivity contribution in [2.45, 2.75) is 0 Å². The number of fused-ring (bicyclic) bond motifs is 5. The Morgan fingerprint density at radius 2 is 1.47 bits per heavy atom. The minimum atomic E-state index is 0.913. The third kappa shape index (κ3) is 2.51. The predicted octanol–water partition coefficient (Wildman–Crippen LogP) is 7.72. The first-order chi connectivity index (χ1) is 15.8. The highest BCUT2D eigenvalue weighted by Gasteiger charge is 2.17. The summed E-state index contributed by atoms with van der Waals surface area (Å²) in [6.07, 6.45) is 4.10. The molecule has 150 valence electrons. The van der Waals surface area contributed by atoms with E-state index in [1.165, 1.54) is 10.8 Å². The van der Waals surface area contributed by atoms with Gasteiger partial charge in [-0.25, -0.2) is 4.98 Å². The Morgan fingerprint density at radius 3 is 2.41 bits per heavy atom. The van der Waals surface area contributed by atoms with Crippen LogP contribution in [0.4, 0.5) is 0 Å². The molecule has 3 heteroatoms. The summed E-state index contributed by atoms with van der Waals surface area (Å²) in [5.74, 6) is 0. The van der Waals surface area contributed by atoms with E-state index in [4.69, 9.17) is 9.40 Å². The van der Waals surface area contributed by atoms with E-state index in [-0.39, 0.29) is 0 Å². The zero-order valence-electron chi connectivity index (χ0n) is 17.2. The van der Waals surface area contributed by atoms with E-state index in [9.17, 15) is 0 Å². The number of para-hydroxylation sites is 1. The lowest BCUT2D eigenvalue weighted by Crippen LogP contribution is -1.85. The van der Waals surface area contributed by atoms with Gasteiger partial charge in [0.05, 0.1) is 5.69 Å². The molecule has 32 heavy (non-hydrogen) atoms. The second kappa shape index (κ2) is 6.56. The highest BCUT2D eigenvalue weighted by Crippen LogP contribution is 2.41. The zero-order valence-corrected chi connectivity index (χ0v) is 17.2. The standard InChI is InChI=1S/C29H18N2O/c1-2-11-22-19(8-1)17-24-23-12-3-4-13-26(23)32-29(24)28(22)21-10-7-9-20(16-21)25-18-31-15-6-5-14-27(31)30-25/h1-18H. The molecule has 7 aromatic rings. The lowest BCUT2D eigenvalue weighted by Gasteiger charge is -2.10. The number of nitrogens with zero attached hydrogens (tertiary/aromatic N) is 2. The highest BCUT2D eigenvalue weighted by atomic mass is 16.3. The summed E-state index contributed by atoms with van der Waals surface area (Å²) in [6.45, 7) is 0. The second-order valence-electron chi connectivity index (χ2n) is 8.12. The van der Waals surface area contributed by atoms with Crippen LogP contribution in [0.5, 0.6) is 0 Å². The van der Waals surface area contributed by atoms with E-state index >= 15 is 0 Å². The third-order valence-electron chi connectivity index (χ3n) is 6.20. The summed E-state index contributed by atoms with van der Waals surface area (Å²) >= 11 is 0. The van der Waals surface area contributed by atoms with Crippen LogP contribution in [0.1, 0.15) is 0 Å². The SMILES string of the molecule is c1cc(-c2cn3ccccc3n2)cc(-c2c3ccccc3cc3c2oc2ccccc23)c1. The van der Waals surface area contributed by atoms with Crippen LogP contribution < -0.4 is 0 Å². The molecule has 3 nitrogen and oxygen atoms in total. The van der Waals surface area contributed by atoms with Crippen LogP contribution in [-0.4, -0.2) is 9.38 Å². The van der Waals surface area contributed by atoms with E-state index in [0.717, 1.165) is 50.0 Å². The maximum Gasteiger partial charge on any atom is 0.143 e. The average Bonchev–Trinajstić information content (AvgIpc) is 3.44. The van der Waals surface area contributed by atoms with Crippen molar-refractivity contribution in [3.8, 4) is 22.4 Å². The van der Waals surface area contributed by atoms with Gasteiger partial charge in [-0.05, 0) is 46.7 Å². The number of hydrogen-bond acceptors (Lipinski definition) is 2. The largest absolute Gasteiger partial charge is 0.455 e. The molecule has 0 aliphatic heterocycles. The van der Waals surface area contributed by atoms with Crippen LogP contribution in [0.2, 0.25) is 0 Å². The fraction of sp³-hybridized carbons (Fsp3) is 0. The van der Waals surface area contributed by atoms with Gasteiger partial charge in [0, 0.05) is 34.3 Å². The summed E-state index contributed by atoms with van der Waals surface area (Å²) < 4.78 is 8.47. The molecule has 0 spiro atoms. The molecule has 0 atom stereocenters. The number of rotatable bonds is 2. The van der Waals surface area contributed by atoms with Crippen LogP contribution in [-0.2, 0) is 0 Å². The fourth-order valence-electron chi connectivity index (χ4n) is 4.72. The molecule has 3 aromatic heterocycles. The first-order valence-electron chi connectivity index (χ1n) is 10.7. The smallest absolute Gasteiger partial charge is 0.143 e. The van der Waals surface area contributed by atoms with Crippen molar-refractivity contribution in [3.63, 3.8) is 0 Å². The van der Waals surface area contributed by atoms with Crippen molar-refractivity contribution in [2.24, 2.45) is 0 Å². The summed E-state index contributed by atoms with van der Waals surface area (Å²) in [4.78, 5) is 4.82. The number of hydrogen-bond donors (Lipinski definition) is 0. The summed E-state index contributed by atoms with van der Waals surface area (Å²) in [7, 11) is 0. The molecule has 0 bridgehead atoms. The van der Waals surface area contributed by atoms with Crippen molar-refractivity contribution in [1.29, 1.82) is 0 Å². The lowest BCUT2D eigenvalue weighted by molar-refractivity contribution is 0.670. The number of benzene rings is 4. The molecule has 0 radical (unpaired) electrons. The molecule has 0 unspecified atom stereocenters. The van der Waals surface area contributed by atoms with E-state index in [1.54, 1.807) is 0 Å². The van der Waals surface area contributed by atoms with Gasteiger partial charge in [-0.1, -0.05) is 66.7 Å². The minimum absolute atomic E-state index is 0.913. The van der Waals surface area contributed by atoms with E-state index in [2.05, 4.69) is 77.3 Å². The maximum atomic E-state index is 6.42. The van der Waals surface area contributed by atoms with Crippen LogP contribution >= 0.6 is 0 Å². The van der Waals surface area contributed by atoms with Gasteiger partial charge in [-0.15, -0.1) is 0 Å². The maximum absolute atomic E-state index is 6.42. The lowest BCUT2D eigenvalue weighted by atomic mass is 9.94. The number of pyridine rings is 1. The van der Waals surface area contributed by atoms with Gasteiger partial charge in [0.2, 0.25) is 0 Å². The number of imidazole rings is 1. The van der Waals surface area contributed by atoms with Crippen molar-refractivity contribution < 1.29 is 4.42 Å². The molecular weight excluding hydrogens is 392 g/mol. The minimum Gasteiger partial charge on any atom is -0.455 e. The molecule has 0 fully saturated rings. The van der Waals surface area contributed by atoms with Gasteiger partial charge in [-0.3, -0.25) is 0 Å². The molecular formula is C29H18N2O. The number of aromatic nitrogens is 2. The molecule has 0 saturated carbocycles. The normalized spacial score (nSPS) is 11.8. The molecule has 0 N–H and O–H groups in total. The monoisotopic (exact) mass is 410 g/mol. The van der Waals surface area contributed by atoms with Gasteiger partial charge in [-0.2, -0.15) is 0 Å². The summed E-state index contributed by atoms with van der Waals surface area (Å²) in [5.41, 5.74) is 7.08. The topological polar surface area (TPSA) is 30.4 Å². The molecule has 0 saturated heterocycles. The van der Waals surface area contributed by atoms with E-state index in [1.807, 2.05) is 36.5 Å². The van der Waals surface area contributed by atoms with Gasteiger partial charge in [0.1, 0.15) is 16.8 Å². The highest BCUT2D eigenvalue weighted by molar-refractivity contribution is 6.18. The van der Waals surface area contributed by atoms with Crippen LogP contribution in [0.25, 0.3) is 60.7 Å². The quantitative estimate of drug-likeness (QED) is 0.292. The molecule has 0 amide bonds. The van der Waals surface area contributed by atoms with Crippen molar-refractivity contribution in [3.05, 3.63) is 109 Å². The fourth-order valence-corrected chi connectivity index (χ4v) is 4.72.